The first-order chi connectivity index (χ1) is 16.4. The summed E-state index contributed by atoms with van der Waals surface area (Å²) in [7, 11) is 0. The Labute approximate surface area is 201 Å². The molecule has 4 rings (SSSR count). The summed E-state index contributed by atoms with van der Waals surface area (Å²) in [6.45, 7) is 1.02. The van der Waals surface area contributed by atoms with Crippen molar-refractivity contribution >= 4 is 29.6 Å². The van der Waals surface area contributed by atoms with Crippen molar-refractivity contribution in [1.82, 2.24) is 4.98 Å². The molecule has 9 nitrogen and oxygen atoms in total. The van der Waals surface area contributed by atoms with Gasteiger partial charge in [0.1, 0.15) is 34.3 Å². The van der Waals surface area contributed by atoms with E-state index in [1.54, 1.807) is 0 Å². The Morgan fingerprint density at radius 1 is 1.06 bits per heavy atom. The quantitative estimate of drug-likeness (QED) is 0.577. The molecule has 1 aliphatic carbocycles. The third kappa shape index (κ3) is 4.92. The summed E-state index contributed by atoms with van der Waals surface area (Å²) in [5.41, 5.74) is 13.0. The van der Waals surface area contributed by atoms with E-state index in [1.165, 1.54) is 0 Å². The van der Waals surface area contributed by atoms with Gasteiger partial charge in [-0.25, -0.2) is 9.78 Å². The van der Waals surface area contributed by atoms with E-state index in [0.717, 1.165) is 24.6 Å². The molecule has 2 heterocycles. The molecule has 1 aromatic heterocycles. The molecular weight excluding hydrogens is 452 g/mol. The topological polar surface area (TPSA) is 159 Å². The Hall–Kier alpha value is -3.76. The number of amides is 2. The van der Waals surface area contributed by atoms with Crippen molar-refractivity contribution in [3.63, 3.8) is 0 Å². The number of nitriles is 2. The van der Waals surface area contributed by atoms with Gasteiger partial charge in [-0.3, -0.25) is 4.79 Å². The van der Waals surface area contributed by atoms with E-state index in [0.29, 0.717) is 59.0 Å². The highest BCUT2D eigenvalue weighted by atomic mass is 32.2. The molecule has 1 unspecified atom stereocenters. The van der Waals surface area contributed by atoms with Gasteiger partial charge in [0.15, 0.2) is 0 Å². The second-order valence-corrected chi connectivity index (χ2v) is 9.43. The van der Waals surface area contributed by atoms with Crippen LogP contribution in [0.25, 0.3) is 0 Å². The van der Waals surface area contributed by atoms with Crippen molar-refractivity contribution in [3.8, 4) is 12.1 Å². The van der Waals surface area contributed by atoms with Crippen molar-refractivity contribution < 1.29 is 14.3 Å². The van der Waals surface area contributed by atoms with Crippen LogP contribution in [-0.2, 0) is 9.53 Å². The summed E-state index contributed by atoms with van der Waals surface area (Å²) < 4.78 is 5.12. The SMILES string of the molecule is N#Cc1c(SC(C(N)=O)c2ccccc2)nc(N2CCC(OC(N)=O)CC2)c(C#N)c1C1CC1. The molecule has 1 saturated carbocycles. The number of aromatic nitrogens is 1. The maximum atomic E-state index is 12.3. The monoisotopic (exact) mass is 476 g/mol. The standard InChI is InChI=1S/C24H24N6O3S/c25-12-17-19(14-6-7-14)18(13-26)23(34-20(21(27)31)15-4-2-1-3-5-15)29-22(17)30-10-8-16(9-11-30)33-24(28)32/h1-5,14,16,20H,6-11H2,(H2,27,31)(H2,28,32). The van der Waals surface area contributed by atoms with E-state index >= 15 is 0 Å². The van der Waals surface area contributed by atoms with Crippen LogP contribution in [0.3, 0.4) is 0 Å². The molecule has 1 aliphatic heterocycles. The second kappa shape index (κ2) is 10.0. The molecule has 1 saturated heterocycles. The minimum atomic E-state index is -0.805. The Morgan fingerprint density at radius 3 is 2.24 bits per heavy atom. The third-order valence-corrected chi connectivity index (χ3v) is 7.27. The van der Waals surface area contributed by atoms with Crippen LogP contribution in [0.4, 0.5) is 10.6 Å². The lowest BCUT2D eigenvalue weighted by Gasteiger charge is -2.33. The van der Waals surface area contributed by atoms with Gasteiger partial charge in [-0.15, -0.1) is 0 Å². The lowest BCUT2D eigenvalue weighted by Crippen LogP contribution is -2.39. The third-order valence-electron chi connectivity index (χ3n) is 6.01. The van der Waals surface area contributed by atoms with E-state index in [-0.39, 0.29) is 12.0 Å². The fourth-order valence-electron chi connectivity index (χ4n) is 4.26. The highest BCUT2D eigenvalue weighted by molar-refractivity contribution is 8.00. The Kier molecular flexibility index (Phi) is 6.90. The molecule has 4 N–H and O–H groups in total. The zero-order valence-electron chi connectivity index (χ0n) is 18.4. The predicted octanol–water partition coefficient (Wildman–Crippen LogP) is 3.09. The fraction of sp³-hybridized carbons (Fsp3) is 0.375. The highest BCUT2D eigenvalue weighted by Crippen LogP contribution is 2.48. The Morgan fingerprint density at radius 2 is 1.71 bits per heavy atom. The van der Waals surface area contributed by atoms with E-state index in [2.05, 4.69) is 12.1 Å². The number of nitrogens with zero attached hydrogens (tertiary/aromatic N) is 4. The number of benzene rings is 1. The van der Waals surface area contributed by atoms with E-state index in [1.807, 2.05) is 35.2 Å². The minimum absolute atomic E-state index is 0.116. The summed E-state index contributed by atoms with van der Waals surface area (Å²) in [5.74, 6) is 0.0646. The molecule has 174 valence electrons. The summed E-state index contributed by atoms with van der Waals surface area (Å²) in [4.78, 5) is 30.2. The average molecular weight is 477 g/mol. The summed E-state index contributed by atoms with van der Waals surface area (Å²) in [5, 5.41) is 19.7. The van der Waals surface area contributed by atoms with E-state index < -0.39 is 17.3 Å². The van der Waals surface area contributed by atoms with Gasteiger partial charge in [-0.2, -0.15) is 10.5 Å². The smallest absolute Gasteiger partial charge is 0.404 e. The summed E-state index contributed by atoms with van der Waals surface area (Å²) in [6.07, 6.45) is 1.79. The van der Waals surface area contributed by atoms with Gasteiger partial charge in [0, 0.05) is 25.9 Å². The number of primary amides is 2. The van der Waals surface area contributed by atoms with Gasteiger partial charge in [0.2, 0.25) is 5.91 Å². The van der Waals surface area contributed by atoms with Crippen molar-refractivity contribution in [1.29, 1.82) is 10.5 Å². The largest absolute Gasteiger partial charge is 0.446 e. The molecule has 2 amide bonds. The van der Waals surface area contributed by atoms with Crippen LogP contribution in [-0.4, -0.2) is 36.2 Å². The number of thioether (sulfide) groups is 1. The molecular formula is C24H24N6O3S. The number of piperidine rings is 1. The Bertz CT molecular complexity index is 1180. The molecule has 0 spiro atoms. The van der Waals surface area contributed by atoms with Crippen molar-refractivity contribution in [3.05, 3.63) is 52.6 Å². The number of pyridine rings is 1. The zero-order valence-corrected chi connectivity index (χ0v) is 19.3. The predicted molar refractivity (Wildman–Crippen MR) is 126 cm³/mol. The average Bonchev–Trinajstić information content (AvgIpc) is 3.67. The van der Waals surface area contributed by atoms with Crippen LogP contribution in [0.1, 0.15) is 59.1 Å². The zero-order chi connectivity index (χ0) is 24.2. The summed E-state index contributed by atoms with van der Waals surface area (Å²) >= 11 is 1.14. The molecule has 2 aromatic rings. The normalized spacial score (nSPS) is 16.8. The van der Waals surface area contributed by atoms with Crippen LogP contribution >= 0.6 is 11.8 Å². The molecule has 10 heteroatoms. The number of nitrogens with two attached hydrogens (primary N) is 2. The Balaban J connectivity index is 1.74. The van der Waals surface area contributed by atoms with Gasteiger partial charge in [0.25, 0.3) is 0 Å². The maximum Gasteiger partial charge on any atom is 0.404 e. The second-order valence-electron chi connectivity index (χ2n) is 8.34. The first-order valence-electron chi connectivity index (χ1n) is 11.0. The maximum absolute atomic E-state index is 12.3. The van der Waals surface area contributed by atoms with Crippen LogP contribution < -0.4 is 16.4 Å². The van der Waals surface area contributed by atoms with Gasteiger partial charge >= 0.3 is 6.09 Å². The van der Waals surface area contributed by atoms with Crippen molar-refractivity contribution in [2.45, 2.75) is 48.0 Å². The molecule has 1 aromatic carbocycles. The molecule has 2 fully saturated rings. The molecule has 1 atom stereocenters. The van der Waals surface area contributed by atoms with Gasteiger partial charge in [-0.1, -0.05) is 42.1 Å². The van der Waals surface area contributed by atoms with E-state index in [4.69, 9.17) is 21.2 Å². The summed E-state index contributed by atoms with van der Waals surface area (Å²) in [6, 6.07) is 13.6. The molecule has 0 radical (unpaired) electrons. The van der Waals surface area contributed by atoms with Crippen LogP contribution in [0.5, 0.6) is 0 Å². The van der Waals surface area contributed by atoms with Crippen LogP contribution in [0.15, 0.2) is 35.4 Å². The van der Waals surface area contributed by atoms with Crippen LogP contribution in [0.2, 0.25) is 0 Å². The molecule has 0 bridgehead atoms. The van der Waals surface area contributed by atoms with Gasteiger partial charge in [0.05, 0.1) is 11.1 Å². The number of rotatable bonds is 7. The van der Waals surface area contributed by atoms with Crippen LogP contribution in [0, 0.1) is 22.7 Å². The number of hydrogen-bond acceptors (Lipinski definition) is 8. The van der Waals surface area contributed by atoms with Crippen molar-refractivity contribution in [2.75, 3.05) is 18.0 Å². The number of carbonyl (C=O) groups is 2. The number of anilines is 1. The first-order valence-corrected chi connectivity index (χ1v) is 11.9. The van der Waals surface area contributed by atoms with Crippen molar-refractivity contribution in [2.24, 2.45) is 11.5 Å². The fourth-order valence-corrected chi connectivity index (χ4v) is 5.31. The molecule has 2 aliphatic rings. The lowest BCUT2D eigenvalue weighted by atomic mass is 9.98. The first kappa shape index (κ1) is 23.4. The van der Waals surface area contributed by atoms with Gasteiger partial charge in [-0.05, 0) is 29.9 Å². The van der Waals surface area contributed by atoms with Gasteiger partial charge < -0.3 is 21.1 Å². The molecule has 34 heavy (non-hydrogen) atoms. The highest BCUT2D eigenvalue weighted by Gasteiger charge is 2.36. The number of hydrogen-bond donors (Lipinski definition) is 2. The van der Waals surface area contributed by atoms with E-state index in [9.17, 15) is 20.1 Å². The number of carbonyl (C=O) groups excluding carboxylic acids is 2. The lowest BCUT2D eigenvalue weighted by molar-refractivity contribution is -0.117. The number of ether oxygens (including phenoxy) is 1. The minimum Gasteiger partial charge on any atom is -0.446 e.